The highest BCUT2D eigenvalue weighted by atomic mass is 35.5. The Hall–Kier alpha value is -1.23. The van der Waals surface area contributed by atoms with E-state index in [1.807, 2.05) is 30.5 Å². The first-order chi connectivity index (χ1) is 9.60. The summed E-state index contributed by atoms with van der Waals surface area (Å²) < 4.78 is 11.3. The number of ether oxygens (including phenoxy) is 2. The zero-order valence-corrected chi connectivity index (χ0v) is 13.1. The van der Waals surface area contributed by atoms with Gasteiger partial charge in [0.15, 0.2) is 11.5 Å². The predicted octanol–water partition coefficient (Wildman–Crippen LogP) is 3.88. The molecule has 2 aromatic rings. The summed E-state index contributed by atoms with van der Waals surface area (Å²) in [6.45, 7) is 2.47. The molecule has 5 heteroatoms. The number of benzene rings is 1. The highest BCUT2D eigenvalue weighted by Crippen LogP contribution is 2.36. The number of rotatable bonds is 6. The van der Waals surface area contributed by atoms with Gasteiger partial charge in [0.25, 0.3) is 0 Å². The van der Waals surface area contributed by atoms with E-state index in [1.54, 1.807) is 24.5 Å². The van der Waals surface area contributed by atoms with Gasteiger partial charge in [-0.05, 0) is 30.9 Å². The molecule has 0 saturated carbocycles. The summed E-state index contributed by atoms with van der Waals surface area (Å²) in [6.07, 6.45) is 0.691. The lowest BCUT2D eigenvalue weighted by atomic mass is 10.1. The molecule has 1 aromatic carbocycles. The summed E-state index contributed by atoms with van der Waals surface area (Å²) in [5, 5.41) is 2.65. The Bertz CT molecular complexity index is 555. The average Bonchev–Trinajstić information content (AvgIpc) is 2.89. The SMILES string of the molecule is COc1cc(Cl)cc(CC(C)N)c1OCc1cccs1. The Morgan fingerprint density at radius 1 is 1.40 bits per heavy atom. The molecule has 3 nitrogen and oxygen atoms in total. The Labute approximate surface area is 128 Å². The number of hydrogen-bond acceptors (Lipinski definition) is 4. The number of thiophene rings is 1. The van der Waals surface area contributed by atoms with Gasteiger partial charge in [-0.3, -0.25) is 0 Å². The molecule has 1 heterocycles. The van der Waals surface area contributed by atoms with E-state index in [-0.39, 0.29) is 6.04 Å². The van der Waals surface area contributed by atoms with Crippen LogP contribution in [0.1, 0.15) is 17.4 Å². The Morgan fingerprint density at radius 3 is 2.80 bits per heavy atom. The van der Waals surface area contributed by atoms with Crippen LogP contribution in [0.25, 0.3) is 0 Å². The van der Waals surface area contributed by atoms with Gasteiger partial charge >= 0.3 is 0 Å². The van der Waals surface area contributed by atoms with Crippen molar-refractivity contribution in [2.24, 2.45) is 5.73 Å². The number of halogens is 1. The first kappa shape index (κ1) is 15.2. The van der Waals surface area contributed by atoms with Gasteiger partial charge in [0, 0.05) is 27.6 Å². The van der Waals surface area contributed by atoms with Gasteiger partial charge in [-0.1, -0.05) is 17.7 Å². The van der Waals surface area contributed by atoms with Crippen molar-refractivity contribution in [2.45, 2.75) is 26.0 Å². The van der Waals surface area contributed by atoms with Gasteiger partial charge < -0.3 is 15.2 Å². The summed E-state index contributed by atoms with van der Waals surface area (Å²) in [5.74, 6) is 1.37. The van der Waals surface area contributed by atoms with Gasteiger partial charge in [-0.15, -0.1) is 11.3 Å². The first-order valence-corrected chi connectivity index (χ1v) is 7.63. The monoisotopic (exact) mass is 311 g/mol. The van der Waals surface area contributed by atoms with E-state index in [4.69, 9.17) is 26.8 Å². The average molecular weight is 312 g/mol. The zero-order chi connectivity index (χ0) is 14.5. The van der Waals surface area contributed by atoms with Gasteiger partial charge in [0.2, 0.25) is 0 Å². The molecule has 20 heavy (non-hydrogen) atoms. The van der Waals surface area contributed by atoms with Crippen molar-refractivity contribution in [2.75, 3.05) is 7.11 Å². The Balaban J connectivity index is 2.27. The second-order valence-electron chi connectivity index (χ2n) is 4.65. The Morgan fingerprint density at radius 2 is 2.20 bits per heavy atom. The lowest BCUT2D eigenvalue weighted by Crippen LogP contribution is -2.18. The van der Waals surface area contributed by atoms with E-state index >= 15 is 0 Å². The van der Waals surface area contributed by atoms with E-state index in [9.17, 15) is 0 Å². The van der Waals surface area contributed by atoms with Crippen molar-refractivity contribution in [1.29, 1.82) is 0 Å². The summed E-state index contributed by atoms with van der Waals surface area (Å²) in [6, 6.07) is 7.72. The van der Waals surface area contributed by atoms with Crippen LogP contribution in [0.4, 0.5) is 0 Å². The molecule has 1 aromatic heterocycles. The zero-order valence-electron chi connectivity index (χ0n) is 11.6. The normalized spacial score (nSPS) is 12.2. The molecule has 0 aliphatic carbocycles. The first-order valence-electron chi connectivity index (χ1n) is 6.37. The largest absolute Gasteiger partial charge is 0.493 e. The van der Waals surface area contributed by atoms with Gasteiger partial charge in [-0.25, -0.2) is 0 Å². The fourth-order valence-corrected chi connectivity index (χ4v) is 2.82. The minimum atomic E-state index is 0.0299. The lowest BCUT2D eigenvalue weighted by molar-refractivity contribution is 0.283. The highest BCUT2D eigenvalue weighted by molar-refractivity contribution is 7.09. The van der Waals surface area contributed by atoms with Crippen LogP contribution in [0.5, 0.6) is 11.5 Å². The molecule has 0 aliphatic rings. The van der Waals surface area contributed by atoms with Gasteiger partial charge in [0.05, 0.1) is 7.11 Å². The molecule has 0 fully saturated rings. The summed E-state index contributed by atoms with van der Waals surface area (Å²) in [5.41, 5.74) is 6.86. The highest BCUT2D eigenvalue weighted by Gasteiger charge is 2.14. The van der Waals surface area contributed by atoms with Crippen LogP contribution in [0, 0.1) is 0 Å². The van der Waals surface area contributed by atoms with Crippen molar-refractivity contribution in [3.8, 4) is 11.5 Å². The number of methoxy groups -OCH3 is 1. The Kier molecular flexibility index (Phi) is 5.29. The van der Waals surface area contributed by atoms with E-state index in [2.05, 4.69) is 0 Å². The van der Waals surface area contributed by atoms with Gasteiger partial charge in [0.1, 0.15) is 6.61 Å². The predicted molar refractivity (Wildman–Crippen MR) is 84.0 cm³/mol. The molecule has 0 radical (unpaired) electrons. The molecule has 108 valence electrons. The van der Waals surface area contributed by atoms with E-state index in [0.717, 1.165) is 16.2 Å². The van der Waals surface area contributed by atoms with Crippen molar-refractivity contribution < 1.29 is 9.47 Å². The van der Waals surface area contributed by atoms with Crippen LogP contribution in [0.15, 0.2) is 29.6 Å². The maximum Gasteiger partial charge on any atom is 0.165 e. The van der Waals surface area contributed by atoms with Crippen LogP contribution in [-0.2, 0) is 13.0 Å². The molecular weight excluding hydrogens is 294 g/mol. The summed E-state index contributed by atoms with van der Waals surface area (Å²) >= 11 is 7.77. The maximum absolute atomic E-state index is 6.11. The molecule has 1 unspecified atom stereocenters. The fourth-order valence-electron chi connectivity index (χ4n) is 1.97. The second kappa shape index (κ2) is 6.97. The van der Waals surface area contributed by atoms with Crippen LogP contribution >= 0.6 is 22.9 Å². The standard InChI is InChI=1S/C15H18ClNO2S/c1-10(17)6-11-7-12(16)8-14(18-2)15(11)19-9-13-4-3-5-20-13/h3-5,7-8,10H,6,9,17H2,1-2H3. The lowest BCUT2D eigenvalue weighted by Gasteiger charge is -2.16. The molecule has 2 N–H and O–H groups in total. The smallest absolute Gasteiger partial charge is 0.165 e. The molecular formula is C15H18ClNO2S. The maximum atomic E-state index is 6.11. The third-order valence-corrected chi connectivity index (χ3v) is 3.87. The fraction of sp³-hybridized carbons (Fsp3) is 0.333. The van der Waals surface area contributed by atoms with Gasteiger partial charge in [-0.2, -0.15) is 0 Å². The van der Waals surface area contributed by atoms with E-state index in [1.165, 1.54) is 0 Å². The van der Waals surface area contributed by atoms with Crippen LogP contribution in [-0.4, -0.2) is 13.2 Å². The van der Waals surface area contributed by atoms with Crippen LogP contribution in [0.2, 0.25) is 5.02 Å². The minimum Gasteiger partial charge on any atom is -0.493 e. The summed E-state index contributed by atoms with van der Waals surface area (Å²) in [4.78, 5) is 1.16. The second-order valence-corrected chi connectivity index (χ2v) is 6.11. The van der Waals surface area contributed by atoms with E-state index in [0.29, 0.717) is 23.8 Å². The third-order valence-electron chi connectivity index (χ3n) is 2.80. The van der Waals surface area contributed by atoms with Crippen molar-refractivity contribution in [3.05, 3.63) is 45.1 Å². The molecule has 0 bridgehead atoms. The molecule has 2 rings (SSSR count). The van der Waals surface area contributed by atoms with E-state index < -0.39 is 0 Å². The summed E-state index contributed by atoms with van der Waals surface area (Å²) in [7, 11) is 1.61. The molecule has 1 atom stereocenters. The molecule has 0 aliphatic heterocycles. The number of hydrogen-bond donors (Lipinski definition) is 1. The molecule has 0 saturated heterocycles. The molecule has 0 amide bonds. The van der Waals surface area contributed by atoms with Crippen LogP contribution < -0.4 is 15.2 Å². The minimum absolute atomic E-state index is 0.0299. The molecule has 0 spiro atoms. The van der Waals surface area contributed by atoms with Crippen LogP contribution in [0.3, 0.4) is 0 Å². The van der Waals surface area contributed by atoms with Crippen molar-refractivity contribution in [1.82, 2.24) is 0 Å². The van der Waals surface area contributed by atoms with Crippen molar-refractivity contribution >= 4 is 22.9 Å². The third kappa shape index (κ3) is 3.88. The van der Waals surface area contributed by atoms with Crippen molar-refractivity contribution in [3.63, 3.8) is 0 Å². The number of nitrogens with two attached hydrogens (primary N) is 1. The quantitative estimate of drug-likeness (QED) is 0.880. The topological polar surface area (TPSA) is 44.5 Å².